The van der Waals surface area contributed by atoms with Crippen LogP contribution in [0.1, 0.15) is 0 Å². The molecule has 13 heavy (non-hydrogen) atoms. The Morgan fingerprint density at radius 3 is 2.77 bits per heavy atom. The van der Waals surface area contributed by atoms with Crippen LogP contribution in [0.5, 0.6) is 0 Å². The van der Waals surface area contributed by atoms with Gasteiger partial charge < -0.3 is 0 Å². The maximum atomic E-state index is 4.11. The highest BCUT2D eigenvalue weighted by Crippen LogP contribution is 2.12. The van der Waals surface area contributed by atoms with Crippen molar-refractivity contribution in [3.63, 3.8) is 0 Å². The molecule has 0 saturated carbocycles. The van der Waals surface area contributed by atoms with Crippen molar-refractivity contribution in [2.75, 3.05) is 0 Å². The van der Waals surface area contributed by atoms with Gasteiger partial charge in [0.2, 0.25) is 0 Å². The fraction of sp³-hybridized carbons (Fsp3) is 0.125. The molecule has 2 aromatic rings. The number of halogens is 1. The number of benzene rings is 1. The van der Waals surface area contributed by atoms with Crippen molar-refractivity contribution in [2.24, 2.45) is 7.05 Å². The highest BCUT2D eigenvalue weighted by Gasteiger charge is 2.11. The molecular formula is C8H8IN4+. The molecule has 1 aromatic carbocycles. The Hall–Kier alpha value is -0.980. The molecule has 1 heterocycles. The van der Waals surface area contributed by atoms with Crippen LogP contribution < -0.4 is 4.80 Å². The van der Waals surface area contributed by atoms with Crippen molar-refractivity contribution in [1.29, 1.82) is 0 Å². The summed E-state index contributed by atoms with van der Waals surface area (Å²) >= 11 is 2.28. The molecule has 1 aromatic heterocycles. The van der Waals surface area contributed by atoms with Crippen LogP contribution in [-0.4, -0.2) is 15.0 Å². The van der Waals surface area contributed by atoms with Crippen LogP contribution in [0.3, 0.4) is 0 Å². The lowest BCUT2D eigenvalue weighted by molar-refractivity contribution is -0.800. The summed E-state index contributed by atoms with van der Waals surface area (Å²) < 4.78 is 1.15. The quantitative estimate of drug-likeness (QED) is 0.571. The average Bonchev–Trinajstić information content (AvgIpc) is 2.52. The fourth-order valence-electron chi connectivity index (χ4n) is 1.10. The van der Waals surface area contributed by atoms with Gasteiger partial charge in [-0.25, -0.2) is 0 Å². The van der Waals surface area contributed by atoms with Gasteiger partial charge in [0.1, 0.15) is 12.7 Å². The Morgan fingerprint density at radius 2 is 2.15 bits per heavy atom. The lowest BCUT2D eigenvalue weighted by atomic mass is 10.3. The summed E-state index contributed by atoms with van der Waals surface area (Å²) in [5.41, 5.74) is 1.04. The van der Waals surface area contributed by atoms with Crippen molar-refractivity contribution in [1.82, 2.24) is 15.0 Å². The molecule has 0 spiro atoms. The third-order valence-electron chi connectivity index (χ3n) is 1.72. The van der Waals surface area contributed by atoms with Crippen LogP contribution >= 0.6 is 22.6 Å². The summed E-state index contributed by atoms with van der Waals surface area (Å²) in [5, 5.41) is 8.11. The second-order valence-corrected chi connectivity index (χ2v) is 3.74. The largest absolute Gasteiger partial charge is 0.297 e. The normalized spacial score (nSPS) is 10.3. The molecule has 0 N–H and O–H groups in total. The number of rotatable bonds is 1. The van der Waals surface area contributed by atoms with Gasteiger partial charge in [-0.3, -0.25) is 0 Å². The van der Waals surface area contributed by atoms with Crippen LogP contribution in [0.4, 0.5) is 0 Å². The van der Waals surface area contributed by atoms with E-state index in [0.717, 1.165) is 9.26 Å². The van der Waals surface area contributed by atoms with Gasteiger partial charge in [0.15, 0.2) is 0 Å². The Labute approximate surface area is 89.3 Å². The topological polar surface area (TPSA) is 34.6 Å². The number of aryl methyl sites for hydroxylation is 1. The predicted molar refractivity (Wildman–Crippen MR) is 55.3 cm³/mol. The van der Waals surface area contributed by atoms with E-state index in [2.05, 4.69) is 32.8 Å². The van der Waals surface area contributed by atoms with Crippen LogP contribution in [0.2, 0.25) is 0 Å². The van der Waals surface area contributed by atoms with Crippen LogP contribution in [-0.2, 0) is 7.05 Å². The van der Waals surface area contributed by atoms with Crippen molar-refractivity contribution < 1.29 is 4.80 Å². The van der Waals surface area contributed by atoms with Crippen molar-refractivity contribution in [3.05, 3.63) is 34.2 Å². The first-order valence-corrected chi connectivity index (χ1v) is 4.88. The molecule has 0 fully saturated rings. The minimum Gasteiger partial charge on any atom is -0.0611 e. The molecule has 0 atom stereocenters. The third kappa shape index (κ3) is 1.55. The third-order valence-corrected chi connectivity index (χ3v) is 2.63. The minimum absolute atomic E-state index is 1.04. The molecule has 0 aliphatic rings. The van der Waals surface area contributed by atoms with Gasteiger partial charge >= 0.3 is 0 Å². The van der Waals surface area contributed by atoms with Gasteiger partial charge in [-0.1, -0.05) is 16.9 Å². The number of hydrogen-bond donors (Lipinski definition) is 0. The Balaban J connectivity index is 2.59. The smallest absolute Gasteiger partial charge is 0.0611 e. The highest BCUT2D eigenvalue weighted by atomic mass is 127. The first-order valence-electron chi connectivity index (χ1n) is 3.80. The van der Waals surface area contributed by atoms with E-state index >= 15 is 0 Å². The zero-order valence-corrected chi connectivity index (χ0v) is 9.21. The first-order chi connectivity index (χ1) is 6.29. The number of tetrazole rings is 1. The zero-order valence-electron chi connectivity index (χ0n) is 7.05. The molecule has 0 aliphatic heterocycles. The lowest BCUT2D eigenvalue weighted by Crippen LogP contribution is -2.41. The Kier molecular flexibility index (Phi) is 2.26. The molecule has 0 radical (unpaired) electrons. The molecule has 4 nitrogen and oxygen atoms in total. The summed E-state index contributed by atoms with van der Waals surface area (Å²) in [7, 11) is 1.86. The van der Waals surface area contributed by atoms with Crippen molar-refractivity contribution in [2.45, 2.75) is 0 Å². The van der Waals surface area contributed by atoms with Gasteiger partial charge in [0, 0.05) is 8.37 Å². The van der Waals surface area contributed by atoms with E-state index in [-0.39, 0.29) is 0 Å². The van der Waals surface area contributed by atoms with Crippen LogP contribution in [0.25, 0.3) is 5.69 Å². The monoisotopic (exact) mass is 287 g/mol. The maximum absolute atomic E-state index is 4.11. The van der Waals surface area contributed by atoms with Crippen molar-refractivity contribution >= 4 is 22.6 Å². The Morgan fingerprint density at radius 1 is 1.38 bits per heavy atom. The summed E-state index contributed by atoms with van der Waals surface area (Å²) in [6.45, 7) is 0. The van der Waals surface area contributed by atoms with E-state index in [4.69, 9.17) is 0 Å². The molecule has 0 aliphatic carbocycles. The molecule has 66 valence electrons. The van der Waals surface area contributed by atoms with Gasteiger partial charge in [-0.15, -0.1) is 0 Å². The first kappa shape index (κ1) is 8.61. The lowest BCUT2D eigenvalue weighted by Gasteiger charge is -1.97. The highest BCUT2D eigenvalue weighted by molar-refractivity contribution is 14.1. The summed E-state index contributed by atoms with van der Waals surface area (Å²) in [6.07, 6.45) is 1.53. The summed E-state index contributed by atoms with van der Waals surface area (Å²) in [4.78, 5) is 3.44. The number of aromatic nitrogens is 4. The van der Waals surface area contributed by atoms with E-state index in [0.29, 0.717) is 0 Å². The molecule has 0 unspecified atom stereocenters. The van der Waals surface area contributed by atoms with Gasteiger partial charge in [-0.05, 0) is 39.8 Å². The molecule has 0 bridgehead atoms. The molecule has 2 rings (SSSR count). The van der Waals surface area contributed by atoms with Crippen LogP contribution in [0, 0.1) is 3.57 Å². The number of nitrogens with zero attached hydrogens (tertiary/aromatic N) is 4. The van der Waals surface area contributed by atoms with Gasteiger partial charge in [-0.2, -0.15) is 0 Å². The van der Waals surface area contributed by atoms with E-state index in [9.17, 15) is 0 Å². The maximum Gasteiger partial charge on any atom is 0.297 e. The average molecular weight is 287 g/mol. The standard InChI is InChI=1S/C8H8IN4/c1-12-10-6-11-13(12)8-5-3-2-4-7(8)9/h2-6H,1H3/q+1. The predicted octanol–water partition coefficient (Wildman–Crippen LogP) is 0.696. The number of para-hydroxylation sites is 1. The van der Waals surface area contributed by atoms with E-state index in [1.165, 1.54) is 6.33 Å². The summed E-state index contributed by atoms with van der Waals surface area (Å²) in [6, 6.07) is 8.04. The van der Waals surface area contributed by atoms with E-state index in [1.807, 2.05) is 31.3 Å². The van der Waals surface area contributed by atoms with Gasteiger partial charge in [0.05, 0.1) is 5.10 Å². The Bertz CT molecular complexity index is 424. The van der Waals surface area contributed by atoms with Gasteiger partial charge in [0.25, 0.3) is 6.33 Å². The fourth-order valence-corrected chi connectivity index (χ4v) is 1.71. The molecule has 0 saturated heterocycles. The van der Waals surface area contributed by atoms with E-state index < -0.39 is 0 Å². The minimum atomic E-state index is 1.04. The SMILES string of the molecule is C[n+]1ncnn1-c1ccccc1I. The molecular weight excluding hydrogens is 279 g/mol. The number of hydrogen-bond acceptors (Lipinski definition) is 2. The van der Waals surface area contributed by atoms with Crippen LogP contribution in [0.15, 0.2) is 30.6 Å². The summed E-state index contributed by atoms with van der Waals surface area (Å²) in [5.74, 6) is 0. The molecule has 0 amide bonds. The van der Waals surface area contributed by atoms with Crippen molar-refractivity contribution in [3.8, 4) is 5.69 Å². The molecule has 5 heteroatoms. The second-order valence-electron chi connectivity index (χ2n) is 2.58. The van der Waals surface area contributed by atoms with E-state index in [1.54, 1.807) is 9.59 Å². The zero-order chi connectivity index (χ0) is 9.26. The second kappa shape index (κ2) is 3.41.